The lowest BCUT2D eigenvalue weighted by Crippen LogP contribution is -2.64. The Morgan fingerprint density at radius 1 is 1.09 bits per heavy atom. The standard InChI is InChI=1S/C15H26Cl2N4O/c16-12-4-2-1-3-11(12)10-20-5-7-21(8-6-20)13-9-18-19-15(22)14(13)17/h11-14,18H,1-10H2,(H,19,22). The summed E-state index contributed by atoms with van der Waals surface area (Å²) in [6.45, 7) is 5.87. The molecule has 5 nitrogen and oxygen atoms in total. The van der Waals surface area contributed by atoms with Crippen LogP contribution in [-0.2, 0) is 4.79 Å². The first kappa shape index (κ1) is 16.8. The van der Waals surface area contributed by atoms with E-state index < -0.39 is 5.38 Å². The molecule has 0 radical (unpaired) electrons. The molecular weight excluding hydrogens is 323 g/mol. The van der Waals surface area contributed by atoms with Crippen molar-refractivity contribution in [3.63, 3.8) is 0 Å². The lowest BCUT2D eigenvalue weighted by molar-refractivity contribution is -0.125. The second kappa shape index (κ2) is 7.67. The SMILES string of the molecule is O=C1NNCC(N2CCN(CC3CCCCC3Cl)CC2)C1Cl. The number of piperazine rings is 1. The molecule has 126 valence electrons. The van der Waals surface area contributed by atoms with Gasteiger partial charge < -0.3 is 4.90 Å². The minimum absolute atomic E-state index is 0.0908. The summed E-state index contributed by atoms with van der Waals surface area (Å²) < 4.78 is 0. The van der Waals surface area contributed by atoms with Crippen molar-refractivity contribution in [2.24, 2.45) is 5.92 Å². The van der Waals surface area contributed by atoms with Gasteiger partial charge in [-0.25, -0.2) is 5.43 Å². The van der Waals surface area contributed by atoms with Gasteiger partial charge in [0.15, 0.2) is 0 Å². The molecule has 2 N–H and O–H groups in total. The zero-order chi connectivity index (χ0) is 15.5. The monoisotopic (exact) mass is 348 g/mol. The fourth-order valence-electron chi connectivity index (χ4n) is 3.88. The van der Waals surface area contributed by atoms with Gasteiger partial charge in [0.05, 0.1) is 0 Å². The van der Waals surface area contributed by atoms with E-state index in [1.165, 1.54) is 25.7 Å². The fraction of sp³-hybridized carbons (Fsp3) is 0.933. The van der Waals surface area contributed by atoms with E-state index >= 15 is 0 Å². The normalized spacial score (nSPS) is 38.7. The van der Waals surface area contributed by atoms with Crippen LogP contribution in [0.3, 0.4) is 0 Å². The number of nitrogens with one attached hydrogen (secondary N) is 2. The molecule has 3 aliphatic rings. The van der Waals surface area contributed by atoms with Crippen molar-refractivity contribution in [2.75, 3.05) is 39.3 Å². The smallest absolute Gasteiger partial charge is 0.253 e. The first-order valence-corrected chi connectivity index (χ1v) is 9.29. The van der Waals surface area contributed by atoms with E-state index in [2.05, 4.69) is 20.7 Å². The van der Waals surface area contributed by atoms with Gasteiger partial charge in [-0.2, -0.15) is 0 Å². The number of nitrogens with zero attached hydrogens (tertiary/aromatic N) is 2. The average molecular weight is 349 g/mol. The summed E-state index contributed by atoms with van der Waals surface area (Å²) in [7, 11) is 0. The first-order valence-electron chi connectivity index (χ1n) is 8.42. The van der Waals surface area contributed by atoms with Crippen LogP contribution in [-0.4, -0.2) is 71.8 Å². The molecule has 1 aliphatic carbocycles. The maximum absolute atomic E-state index is 11.7. The van der Waals surface area contributed by atoms with Crippen LogP contribution in [0, 0.1) is 5.92 Å². The molecule has 3 rings (SSSR count). The van der Waals surface area contributed by atoms with Crippen molar-refractivity contribution in [3.05, 3.63) is 0 Å². The van der Waals surface area contributed by atoms with Crippen LogP contribution in [0.2, 0.25) is 0 Å². The predicted molar refractivity (Wildman–Crippen MR) is 89.2 cm³/mol. The maximum atomic E-state index is 11.7. The van der Waals surface area contributed by atoms with Crippen LogP contribution in [0.4, 0.5) is 0 Å². The summed E-state index contributed by atoms with van der Waals surface area (Å²) in [5.74, 6) is 0.525. The molecular formula is C15H26Cl2N4O. The number of alkyl halides is 2. The van der Waals surface area contributed by atoms with E-state index in [0.717, 1.165) is 32.7 Å². The van der Waals surface area contributed by atoms with E-state index in [-0.39, 0.29) is 11.9 Å². The highest BCUT2D eigenvalue weighted by molar-refractivity contribution is 6.31. The molecule has 4 atom stereocenters. The van der Waals surface area contributed by atoms with E-state index in [1.54, 1.807) is 0 Å². The van der Waals surface area contributed by atoms with Crippen molar-refractivity contribution in [1.82, 2.24) is 20.7 Å². The Kier molecular flexibility index (Phi) is 5.85. The number of halogens is 2. The molecule has 0 aromatic carbocycles. The van der Waals surface area contributed by atoms with Gasteiger partial charge in [0, 0.05) is 50.7 Å². The third-order valence-corrected chi connectivity index (χ3v) is 6.36. The summed E-state index contributed by atoms with van der Waals surface area (Å²) in [4.78, 5) is 16.5. The minimum atomic E-state index is -0.460. The highest BCUT2D eigenvalue weighted by atomic mass is 35.5. The number of amides is 1. The number of hydrogen-bond donors (Lipinski definition) is 2. The number of hydrazine groups is 1. The van der Waals surface area contributed by atoms with Crippen LogP contribution in [0.1, 0.15) is 25.7 Å². The Morgan fingerprint density at radius 3 is 2.55 bits per heavy atom. The van der Waals surface area contributed by atoms with Gasteiger partial charge in [-0.3, -0.25) is 15.1 Å². The molecule has 22 heavy (non-hydrogen) atoms. The molecule has 0 bridgehead atoms. The van der Waals surface area contributed by atoms with Gasteiger partial charge in [0.25, 0.3) is 5.91 Å². The van der Waals surface area contributed by atoms with Gasteiger partial charge in [0.2, 0.25) is 0 Å². The molecule has 2 heterocycles. The van der Waals surface area contributed by atoms with Gasteiger partial charge >= 0.3 is 0 Å². The van der Waals surface area contributed by atoms with Crippen LogP contribution >= 0.6 is 23.2 Å². The number of rotatable bonds is 3. The van der Waals surface area contributed by atoms with Crippen LogP contribution in [0.5, 0.6) is 0 Å². The van der Waals surface area contributed by atoms with Crippen molar-refractivity contribution < 1.29 is 4.79 Å². The molecule has 2 saturated heterocycles. The van der Waals surface area contributed by atoms with Crippen molar-refractivity contribution in [1.29, 1.82) is 0 Å². The summed E-state index contributed by atoms with van der Waals surface area (Å²) in [5, 5.41) is -0.108. The molecule has 1 amide bonds. The van der Waals surface area contributed by atoms with E-state index in [4.69, 9.17) is 23.2 Å². The Balaban J connectivity index is 1.47. The van der Waals surface area contributed by atoms with Crippen LogP contribution in [0.15, 0.2) is 0 Å². The van der Waals surface area contributed by atoms with Gasteiger partial charge in [-0.05, 0) is 18.8 Å². The summed E-state index contributed by atoms with van der Waals surface area (Å²) in [6.07, 6.45) is 5.05. The van der Waals surface area contributed by atoms with Crippen molar-refractivity contribution in [3.8, 4) is 0 Å². The zero-order valence-electron chi connectivity index (χ0n) is 12.9. The molecule has 2 aliphatic heterocycles. The third kappa shape index (κ3) is 3.88. The molecule has 0 aromatic heterocycles. The summed E-state index contributed by atoms with van der Waals surface area (Å²) in [5.41, 5.74) is 5.53. The minimum Gasteiger partial charge on any atom is -0.300 e. The van der Waals surface area contributed by atoms with Crippen molar-refractivity contribution >= 4 is 29.1 Å². The van der Waals surface area contributed by atoms with E-state index in [1.807, 2.05) is 0 Å². The second-order valence-electron chi connectivity index (χ2n) is 6.74. The molecule has 0 spiro atoms. The molecule has 1 saturated carbocycles. The lowest BCUT2D eigenvalue weighted by Gasteiger charge is -2.43. The van der Waals surface area contributed by atoms with Crippen LogP contribution in [0.25, 0.3) is 0 Å². The Labute approximate surface area is 142 Å². The highest BCUT2D eigenvalue weighted by Gasteiger charge is 2.36. The fourth-order valence-corrected chi connectivity index (χ4v) is 4.54. The number of hydrogen-bond acceptors (Lipinski definition) is 4. The third-order valence-electron chi connectivity index (χ3n) is 5.30. The largest absolute Gasteiger partial charge is 0.300 e. The maximum Gasteiger partial charge on any atom is 0.253 e. The second-order valence-corrected chi connectivity index (χ2v) is 7.77. The molecule has 7 heteroatoms. The topological polar surface area (TPSA) is 47.6 Å². The van der Waals surface area contributed by atoms with Gasteiger partial charge in [-0.15, -0.1) is 23.2 Å². The van der Waals surface area contributed by atoms with Gasteiger partial charge in [-0.1, -0.05) is 12.8 Å². The van der Waals surface area contributed by atoms with Crippen molar-refractivity contribution in [2.45, 2.75) is 42.5 Å². The Hall–Kier alpha value is -0.0700. The summed E-state index contributed by atoms with van der Waals surface area (Å²) in [6, 6.07) is 0.0908. The quantitative estimate of drug-likeness (QED) is 0.747. The highest BCUT2D eigenvalue weighted by Crippen LogP contribution is 2.29. The summed E-state index contributed by atoms with van der Waals surface area (Å²) >= 11 is 12.7. The molecule has 4 unspecified atom stereocenters. The lowest BCUT2D eigenvalue weighted by atomic mass is 9.88. The average Bonchev–Trinajstić information content (AvgIpc) is 2.53. The van der Waals surface area contributed by atoms with E-state index in [0.29, 0.717) is 17.8 Å². The Bertz CT molecular complexity index is 390. The zero-order valence-corrected chi connectivity index (χ0v) is 14.5. The molecule has 0 aromatic rings. The molecule has 3 fully saturated rings. The predicted octanol–water partition coefficient (Wildman–Crippen LogP) is 1.01. The number of carbonyl (C=O) groups is 1. The number of carbonyl (C=O) groups excluding carboxylic acids is 1. The first-order chi connectivity index (χ1) is 10.6. The van der Waals surface area contributed by atoms with Crippen LogP contribution < -0.4 is 10.9 Å². The Morgan fingerprint density at radius 2 is 1.82 bits per heavy atom. The van der Waals surface area contributed by atoms with E-state index in [9.17, 15) is 4.79 Å². The van der Waals surface area contributed by atoms with Gasteiger partial charge in [0.1, 0.15) is 5.38 Å².